The molecule has 0 unspecified atom stereocenters. The van der Waals surface area contributed by atoms with Crippen LogP contribution in [0.15, 0.2) is 17.3 Å². The molecule has 1 atom stereocenters. The van der Waals surface area contributed by atoms with Crippen LogP contribution in [0.1, 0.15) is 23.1 Å². The molecule has 2 aromatic heterocycles. The molecule has 8 nitrogen and oxygen atoms in total. The van der Waals surface area contributed by atoms with E-state index >= 15 is 0 Å². The molecule has 1 N–H and O–H groups in total. The Hall–Kier alpha value is -2.25. The number of carbonyl (C=O) groups excluding carboxylic acids is 1. The van der Waals surface area contributed by atoms with E-state index in [0.29, 0.717) is 12.2 Å². The van der Waals surface area contributed by atoms with Crippen molar-refractivity contribution in [2.45, 2.75) is 26.4 Å². The van der Waals surface area contributed by atoms with E-state index in [1.807, 2.05) is 6.92 Å². The van der Waals surface area contributed by atoms with Crippen LogP contribution in [0.2, 0.25) is 0 Å². The van der Waals surface area contributed by atoms with Gasteiger partial charge in [-0.25, -0.2) is 9.61 Å². The number of amides is 1. The molecular formula is C9H12N6O2. The van der Waals surface area contributed by atoms with Gasteiger partial charge < -0.3 is 5.32 Å². The summed E-state index contributed by atoms with van der Waals surface area (Å²) in [5, 5.41) is 13.8. The number of nitrogens with one attached hydrogen (secondary N) is 1. The number of nitrogens with zero attached hydrogens (tertiary/aromatic N) is 5. The quantitative estimate of drug-likeness (QED) is 0.788. The highest BCUT2D eigenvalue weighted by Crippen LogP contribution is 2.01. The van der Waals surface area contributed by atoms with Gasteiger partial charge in [-0.3, -0.25) is 9.48 Å². The number of aryl methyl sites for hydroxylation is 1. The van der Waals surface area contributed by atoms with E-state index in [1.54, 1.807) is 17.9 Å². The Labute approximate surface area is 97.0 Å². The zero-order valence-electron chi connectivity index (χ0n) is 9.49. The molecule has 0 aromatic carbocycles. The number of rotatable bonds is 4. The molecule has 0 aliphatic heterocycles. The second-order valence-electron chi connectivity index (χ2n) is 3.69. The average molecular weight is 236 g/mol. The molecule has 0 aliphatic rings. The number of aromatic nitrogens is 5. The Kier molecular flexibility index (Phi) is 3.12. The standard InChI is InChI=1S/C9H12N6O2/c1-6(3-15-5-10-4-11-15)12-9(16)8-7(2)13-17-14-8/h4-6H,3H2,1-2H3,(H,12,16)/t6-/m1/s1. The third-order valence-corrected chi connectivity index (χ3v) is 2.17. The van der Waals surface area contributed by atoms with Crippen LogP contribution in [0.3, 0.4) is 0 Å². The largest absolute Gasteiger partial charge is 0.346 e. The van der Waals surface area contributed by atoms with Crippen molar-refractivity contribution < 1.29 is 9.42 Å². The van der Waals surface area contributed by atoms with E-state index in [4.69, 9.17) is 0 Å². The van der Waals surface area contributed by atoms with Gasteiger partial charge in [0.15, 0.2) is 5.69 Å². The van der Waals surface area contributed by atoms with Crippen LogP contribution in [0.4, 0.5) is 0 Å². The van der Waals surface area contributed by atoms with Crippen LogP contribution in [-0.4, -0.2) is 37.0 Å². The molecule has 0 aliphatic carbocycles. The van der Waals surface area contributed by atoms with Gasteiger partial charge in [0.2, 0.25) is 0 Å². The average Bonchev–Trinajstić information content (AvgIpc) is 2.88. The lowest BCUT2D eigenvalue weighted by molar-refractivity contribution is 0.0925. The minimum atomic E-state index is -0.309. The van der Waals surface area contributed by atoms with Crippen molar-refractivity contribution in [1.82, 2.24) is 30.4 Å². The number of carbonyl (C=O) groups is 1. The minimum absolute atomic E-state index is 0.0969. The summed E-state index contributed by atoms with van der Waals surface area (Å²) in [4.78, 5) is 15.6. The first-order chi connectivity index (χ1) is 8.16. The fourth-order valence-electron chi connectivity index (χ4n) is 1.38. The maximum atomic E-state index is 11.7. The van der Waals surface area contributed by atoms with Gasteiger partial charge in [0.05, 0.1) is 6.54 Å². The van der Waals surface area contributed by atoms with Gasteiger partial charge in [-0.1, -0.05) is 5.16 Å². The lowest BCUT2D eigenvalue weighted by atomic mass is 10.3. The topological polar surface area (TPSA) is 98.7 Å². The van der Waals surface area contributed by atoms with Crippen molar-refractivity contribution in [3.63, 3.8) is 0 Å². The van der Waals surface area contributed by atoms with Crippen LogP contribution in [-0.2, 0) is 6.54 Å². The Balaban J connectivity index is 1.93. The molecule has 90 valence electrons. The van der Waals surface area contributed by atoms with Gasteiger partial charge in [0, 0.05) is 6.04 Å². The molecule has 0 saturated heterocycles. The first-order valence-electron chi connectivity index (χ1n) is 5.09. The van der Waals surface area contributed by atoms with Crippen molar-refractivity contribution in [3.8, 4) is 0 Å². The van der Waals surface area contributed by atoms with Crippen molar-refractivity contribution >= 4 is 5.91 Å². The zero-order valence-corrected chi connectivity index (χ0v) is 9.49. The fourth-order valence-corrected chi connectivity index (χ4v) is 1.38. The summed E-state index contributed by atoms with van der Waals surface area (Å²) in [6, 6.07) is -0.0969. The summed E-state index contributed by atoms with van der Waals surface area (Å²) in [6.45, 7) is 4.06. The smallest absolute Gasteiger partial charge is 0.275 e. The van der Waals surface area contributed by atoms with E-state index in [2.05, 4.69) is 30.3 Å². The van der Waals surface area contributed by atoms with Crippen LogP contribution in [0.5, 0.6) is 0 Å². The first-order valence-corrected chi connectivity index (χ1v) is 5.09. The molecule has 2 rings (SSSR count). The summed E-state index contributed by atoms with van der Waals surface area (Å²) < 4.78 is 6.10. The third kappa shape index (κ3) is 2.65. The lowest BCUT2D eigenvalue weighted by Crippen LogP contribution is -2.36. The van der Waals surface area contributed by atoms with Gasteiger partial charge in [-0.15, -0.1) is 0 Å². The van der Waals surface area contributed by atoms with Crippen LogP contribution >= 0.6 is 0 Å². The Morgan fingerprint density at radius 3 is 3.00 bits per heavy atom. The van der Waals surface area contributed by atoms with Crippen molar-refractivity contribution in [2.24, 2.45) is 0 Å². The molecule has 0 radical (unpaired) electrons. The monoisotopic (exact) mass is 236 g/mol. The summed E-state index contributed by atoms with van der Waals surface area (Å²) in [5.74, 6) is -0.309. The second kappa shape index (κ2) is 4.73. The molecule has 0 saturated carbocycles. The molecule has 2 aromatic rings. The van der Waals surface area contributed by atoms with E-state index in [0.717, 1.165) is 0 Å². The van der Waals surface area contributed by atoms with Crippen LogP contribution < -0.4 is 5.32 Å². The van der Waals surface area contributed by atoms with E-state index in [1.165, 1.54) is 6.33 Å². The predicted octanol–water partition coefficient (Wildman–Crippen LogP) is -0.212. The van der Waals surface area contributed by atoms with Crippen LogP contribution in [0, 0.1) is 6.92 Å². The summed E-state index contributed by atoms with van der Waals surface area (Å²) in [7, 11) is 0. The van der Waals surface area contributed by atoms with Crippen molar-refractivity contribution in [1.29, 1.82) is 0 Å². The molecule has 0 spiro atoms. The highest BCUT2D eigenvalue weighted by Gasteiger charge is 2.17. The van der Waals surface area contributed by atoms with Crippen molar-refractivity contribution in [3.05, 3.63) is 24.0 Å². The van der Waals surface area contributed by atoms with Crippen molar-refractivity contribution in [2.75, 3.05) is 0 Å². The Bertz CT molecular complexity index is 491. The minimum Gasteiger partial charge on any atom is -0.346 e. The SMILES string of the molecule is Cc1nonc1C(=O)N[C@H](C)Cn1cncn1. The normalized spacial score (nSPS) is 12.4. The maximum Gasteiger partial charge on any atom is 0.275 e. The summed E-state index contributed by atoms with van der Waals surface area (Å²) in [6.07, 6.45) is 3.03. The highest BCUT2D eigenvalue weighted by atomic mass is 16.6. The molecule has 0 fully saturated rings. The van der Waals surface area contributed by atoms with E-state index in [9.17, 15) is 4.79 Å². The molecular weight excluding hydrogens is 224 g/mol. The highest BCUT2D eigenvalue weighted by molar-refractivity contribution is 5.93. The van der Waals surface area contributed by atoms with Gasteiger partial charge in [-0.05, 0) is 19.0 Å². The van der Waals surface area contributed by atoms with Gasteiger partial charge >= 0.3 is 0 Å². The molecule has 0 bridgehead atoms. The Morgan fingerprint density at radius 1 is 1.59 bits per heavy atom. The van der Waals surface area contributed by atoms with Gasteiger partial charge in [0.1, 0.15) is 18.3 Å². The first kappa shape index (κ1) is 11.2. The third-order valence-electron chi connectivity index (χ3n) is 2.17. The van der Waals surface area contributed by atoms with Gasteiger partial charge in [-0.2, -0.15) is 5.10 Å². The second-order valence-corrected chi connectivity index (χ2v) is 3.69. The van der Waals surface area contributed by atoms with Crippen LogP contribution in [0.25, 0.3) is 0 Å². The number of hydrogen-bond acceptors (Lipinski definition) is 6. The molecule has 17 heavy (non-hydrogen) atoms. The fraction of sp³-hybridized carbons (Fsp3) is 0.444. The predicted molar refractivity (Wildman–Crippen MR) is 56.0 cm³/mol. The molecule has 1 amide bonds. The maximum absolute atomic E-state index is 11.7. The zero-order chi connectivity index (χ0) is 12.3. The Morgan fingerprint density at radius 2 is 2.41 bits per heavy atom. The molecule has 2 heterocycles. The summed E-state index contributed by atoms with van der Waals surface area (Å²) in [5.41, 5.74) is 0.672. The summed E-state index contributed by atoms with van der Waals surface area (Å²) >= 11 is 0. The van der Waals surface area contributed by atoms with E-state index < -0.39 is 0 Å². The molecule has 8 heteroatoms. The number of hydrogen-bond donors (Lipinski definition) is 1. The lowest BCUT2D eigenvalue weighted by Gasteiger charge is -2.12. The van der Waals surface area contributed by atoms with Gasteiger partial charge in [0.25, 0.3) is 5.91 Å². The van der Waals surface area contributed by atoms with E-state index in [-0.39, 0.29) is 17.6 Å².